The second-order valence-electron chi connectivity index (χ2n) is 6.64. The number of ether oxygens (including phenoxy) is 1. The number of halogens is 1. The second-order valence-corrected chi connectivity index (χ2v) is 7.56. The lowest BCUT2D eigenvalue weighted by Crippen LogP contribution is -2.48. The van der Waals surface area contributed by atoms with Gasteiger partial charge in [-0.15, -0.1) is 6.58 Å². The summed E-state index contributed by atoms with van der Waals surface area (Å²) < 4.78 is 6.10. The van der Waals surface area contributed by atoms with E-state index in [-0.39, 0.29) is 12.0 Å². The summed E-state index contributed by atoms with van der Waals surface area (Å²) in [5.74, 6) is 0.343. The number of guanidine groups is 1. The number of hydrogen-bond acceptors (Lipinski definition) is 3. The zero-order valence-electron chi connectivity index (χ0n) is 16.6. The van der Waals surface area contributed by atoms with Crippen molar-refractivity contribution in [3.8, 4) is 0 Å². The van der Waals surface area contributed by atoms with E-state index in [2.05, 4.69) is 45.0 Å². The van der Waals surface area contributed by atoms with E-state index < -0.39 is 0 Å². The highest BCUT2D eigenvalue weighted by atomic mass is 79.9. The lowest BCUT2D eigenvalue weighted by molar-refractivity contribution is -0.136. The molecule has 0 amide bonds. The second kappa shape index (κ2) is 9.56. The number of nitrogens with zero attached hydrogens (tertiary/aromatic N) is 2. The van der Waals surface area contributed by atoms with Crippen LogP contribution in [0, 0.1) is 0 Å². The molecule has 3 rings (SSSR count). The van der Waals surface area contributed by atoms with Crippen molar-refractivity contribution in [3.05, 3.63) is 94.1 Å². The maximum atomic E-state index is 12.7. The largest absolute Gasteiger partial charge is 0.466 e. The Morgan fingerprint density at radius 3 is 2.55 bits per heavy atom. The summed E-state index contributed by atoms with van der Waals surface area (Å²) in [6.07, 6.45) is 1.75. The average molecular weight is 454 g/mol. The summed E-state index contributed by atoms with van der Waals surface area (Å²) in [6, 6.07) is 17.6. The molecule has 0 saturated heterocycles. The van der Waals surface area contributed by atoms with Crippen molar-refractivity contribution in [1.29, 1.82) is 0 Å². The van der Waals surface area contributed by atoms with Crippen molar-refractivity contribution >= 4 is 27.9 Å². The van der Waals surface area contributed by atoms with Gasteiger partial charge in [0.15, 0.2) is 5.96 Å². The van der Waals surface area contributed by atoms with Crippen LogP contribution in [0.25, 0.3) is 0 Å². The molecule has 150 valence electrons. The highest BCUT2D eigenvalue weighted by Gasteiger charge is 2.35. The van der Waals surface area contributed by atoms with Gasteiger partial charge in [-0.05, 0) is 30.2 Å². The van der Waals surface area contributed by atoms with E-state index in [1.165, 1.54) is 7.11 Å². The van der Waals surface area contributed by atoms with Gasteiger partial charge in [0.1, 0.15) is 0 Å². The van der Waals surface area contributed by atoms with Gasteiger partial charge in [-0.3, -0.25) is 0 Å². The first-order valence-electron chi connectivity index (χ1n) is 9.33. The van der Waals surface area contributed by atoms with Crippen LogP contribution in [-0.4, -0.2) is 30.5 Å². The number of allylic oxidation sites excluding steroid dienone is 1. The number of nitrogens with one attached hydrogen (secondary N) is 1. The Hall–Kier alpha value is -2.86. The fourth-order valence-corrected chi connectivity index (χ4v) is 3.58. The molecule has 1 N–H and O–H groups in total. The predicted molar refractivity (Wildman–Crippen MR) is 119 cm³/mol. The van der Waals surface area contributed by atoms with Gasteiger partial charge in [-0.1, -0.05) is 64.5 Å². The Morgan fingerprint density at radius 1 is 1.24 bits per heavy atom. The lowest BCUT2D eigenvalue weighted by Gasteiger charge is -2.38. The van der Waals surface area contributed by atoms with E-state index in [1.54, 1.807) is 6.08 Å². The predicted octanol–water partition coefficient (Wildman–Crippen LogP) is 4.58. The van der Waals surface area contributed by atoms with Crippen molar-refractivity contribution in [3.63, 3.8) is 0 Å². The Kier molecular flexibility index (Phi) is 6.88. The first-order chi connectivity index (χ1) is 14.0. The molecule has 0 aliphatic carbocycles. The molecule has 1 atom stereocenters. The molecule has 2 aromatic carbocycles. The molecule has 0 unspecified atom stereocenters. The normalized spacial score (nSPS) is 17.8. The van der Waals surface area contributed by atoms with Gasteiger partial charge in [-0.2, -0.15) is 0 Å². The molecule has 2 aromatic rings. The molecule has 5 nitrogen and oxygen atoms in total. The minimum absolute atomic E-state index is 0.355. The van der Waals surface area contributed by atoms with E-state index >= 15 is 0 Å². The van der Waals surface area contributed by atoms with Gasteiger partial charge in [0.2, 0.25) is 0 Å². The summed E-state index contributed by atoms with van der Waals surface area (Å²) in [6.45, 7) is 6.77. The Balaban J connectivity index is 2.10. The molecule has 1 heterocycles. The van der Waals surface area contributed by atoms with Gasteiger partial charge in [-0.25, -0.2) is 9.79 Å². The molecular weight excluding hydrogens is 430 g/mol. The zero-order chi connectivity index (χ0) is 20.8. The van der Waals surface area contributed by atoms with Gasteiger partial charge >= 0.3 is 5.97 Å². The van der Waals surface area contributed by atoms with Gasteiger partial charge in [0, 0.05) is 10.2 Å². The fourth-order valence-electron chi connectivity index (χ4n) is 3.31. The molecule has 0 aromatic heterocycles. The van der Waals surface area contributed by atoms with Crippen LogP contribution in [0.15, 0.2) is 88.0 Å². The summed E-state index contributed by atoms with van der Waals surface area (Å²) >= 11 is 3.46. The number of methoxy groups -OCH3 is 1. The fraction of sp³-hybridized carbons (Fsp3) is 0.217. The van der Waals surface area contributed by atoms with Crippen LogP contribution in [0.5, 0.6) is 0 Å². The molecule has 0 spiro atoms. The molecule has 0 radical (unpaired) electrons. The van der Waals surface area contributed by atoms with E-state index in [9.17, 15) is 4.79 Å². The molecular formula is C23H24BrN3O2. The molecule has 6 heteroatoms. The maximum Gasteiger partial charge on any atom is 0.337 e. The molecule has 0 bridgehead atoms. The van der Waals surface area contributed by atoms with Crippen LogP contribution in [0.2, 0.25) is 0 Å². The highest BCUT2D eigenvalue weighted by Crippen LogP contribution is 2.32. The monoisotopic (exact) mass is 453 g/mol. The molecule has 1 aliphatic rings. The zero-order valence-corrected chi connectivity index (χ0v) is 18.1. The van der Waals surface area contributed by atoms with E-state index in [1.807, 2.05) is 54.3 Å². The topological polar surface area (TPSA) is 53.9 Å². The standard InChI is InChI=1S/C23H24BrN3O2/c1-4-14-25-23-26-21(18-10-12-19(24)13-11-18)20(22(28)29-3)16(2)27(23)15-17-8-6-5-7-9-17/h4-13,21H,1,14-15H2,2-3H3,(H,25,26)/t21-/m1/s1. The maximum absolute atomic E-state index is 12.7. The third-order valence-electron chi connectivity index (χ3n) is 4.77. The summed E-state index contributed by atoms with van der Waals surface area (Å²) in [4.78, 5) is 19.4. The number of rotatable bonds is 6. The van der Waals surface area contributed by atoms with Crippen LogP contribution in [0.3, 0.4) is 0 Å². The van der Waals surface area contributed by atoms with Crippen molar-refractivity contribution in [1.82, 2.24) is 10.2 Å². The molecule has 0 fully saturated rings. The first-order valence-corrected chi connectivity index (χ1v) is 10.1. The smallest absolute Gasteiger partial charge is 0.337 e. The van der Waals surface area contributed by atoms with Crippen molar-refractivity contribution < 1.29 is 9.53 Å². The number of hydrogen-bond donors (Lipinski definition) is 1. The number of aliphatic imine (C=N–C) groups is 1. The Labute approximate surface area is 179 Å². The molecule has 1 aliphatic heterocycles. The van der Waals surface area contributed by atoms with Crippen molar-refractivity contribution in [2.75, 3.05) is 13.7 Å². The Bertz CT molecular complexity index is 936. The minimum Gasteiger partial charge on any atom is -0.466 e. The van der Waals surface area contributed by atoms with Crippen LogP contribution >= 0.6 is 15.9 Å². The SMILES string of the molecule is C=CCN=C1N[C@H](c2ccc(Br)cc2)C(C(=O)OC)=C(C)N1Cc1ccccc1. The van der Waals surface area contributed by atoms with E-state index in [4.69, 9.17) is 4.74 Å². The number of benzene rings is 2. The number of esters is 1. The number of carbonyl (C=O) groups excluding carboxylic acids is 1. The van der Waals surface area contributed by atoms with Crippen LogP contribution in [0.1, 0.15) is 24.1 Å². The summed E-state index contributed by atoms with van der Waals surface area (Å²) in [5.41, 5.74) is 3.46. The van der Waals surface area contributed by atoms with Crippen LogP contribution in [0.4, 0.5) is 0 Å². The molecule has 29 heavy (non-hydrogen) atoms. The highest BCUT2D eigenvalue weighted by molar-refractivity contribution is 9.10. The van der Waals surface area contributed by atoms with E-state index in [0.29, 0.717) is 24.6 Å². The quantitative estimate of drug-likeness (QED) is 0.513. The Morgan fingerprint density at radius 2 is 1.93 bits per heavy atom. The van der Waals surface area contributed by atoms with E-state index in [0.717, 1.165) is 21.3 Å². The van der Waals surface area contributed by atoms with Crippen LogP contribution in [-0.2, 0) is 16.1 Å². The van der Waals surface area contributed by atoms with Crippen molar-refractivity contribution in [2.45, 2.75) is 19.5 Å². The van der Waals surface area contributed by atoms with Crippen LogP contribution < -0.4 is 5.32 Å². The van der Waals surface area contributed by atoms with Crippen molar-refractivity contribution in [2.24, 2.45) is 4.99 Å². The third kappa shape index (κ3) is 4.77. The van der Waals surface area contributed by atoms with Gasteiger partial charge in [0.25, 0.3) is 0 Å². The van der Waals surface area contributed by atoms with Gasteiger partial charge < -0.3 is 15.0 Å². The molecule has 0 saturated carbocycles. The average Bonchev–Trinajstić information content (AvgIpc) is 2.74. The third-order valence-corrected chi connectivity index (χ3v) is 5.30. The number of carbonyl (C=O) groups is 1. The van der Waals surface area contributed by atoms with Gasteiger partial charge in [0.05, 0.1) is 31.8 Å². The minimum atomic E-state index is -0.358. The summed E-state index contributed by atoms with van der Waals surface area (Å²) in [7, 11) is 1.41. The first kappa shape index (κ1) is 20.9. The lowest BCUT2D eigenvalue weighted by atomic mass is 9.94. The summed E-state index contributed by atoms with van der Waals surface area (Å²) in [5, 5.41) is 3.44.